The highest BCUT2D eigenvalue weighted by atomic mass is 16.5. The van der Waals surface area contributed by atoms with Crippen molar-refractivity contribution in [1.29, 1.82) is 0 Å². The Morgan fingerprint density at radius 2 is 1.89 bits per heavy atom. The van der Waals surface area contributed by atoms with Gasteiger partial charge >= 0.3 is 5.97 Å². The number of ether oxygens (including phenoxy) is 2. The maximum Gasteiger partial charge on any atom is 0.343 e. The van der Waals surface area contributed by atoms with E-state index in [9.17, 15) is 4.79 Å². The summed E-state index contributed by atoms with van der Waals surface area (Å²) in [5, 5.41) is 0. The van der Waals surface area contributed by atoms with Gasteiger partial charge in [0.05, 0.1) is 19.9 Å². The van der Waals surface area contributed by atoms with E-state index in [1.165, 1.54) is 13.5 Å². The van der Waals surface area contributed by atoms with Gasteiger partial charge in [0.1, 0.15) is 11.3 Å². The molecule has 0 amide bonds. The van der Waals surface area contributed by atoms with E-state index in [0.29, 0.717) is 17.0 Å². The minimum Gasteiger partial charge on any atom is -0.495 e. The summed E-state index contributed by atoms with van der Waals surface area (Å²) in [6.07, 6.45) is 5.37. The largest absolute Gasteiger partial charge is 0.495 e. The number of hydrogen-bond acceptors (Lipinski definition) is 4. The molecule has 0 bridgehead atoms. The number of fused-ring (bicyclic) bond motifs is 1. The number of aromatic nitrogens is 1. The second kappa shape index (κ2) is 5.38. The molecule has 0 atom stereocenters. The summed E-state index contributed by atoms with van der Waals surface area (Å²) in [4.78, 5) is 16.4. The van der Waals surface area contributed by atoms with Crippen LogP contribution in [0.4, 0.5) is 0 Å². The van der Waals surface area contributed by atoms with Gasteiger partial charge in [-0.3, -0.25) is 4.98 Å². The third-order valence-electron chi connectivity index (χ3n) is 3.45. The number of esters is 1. The molecule has 0 fully saturated rings. The number of nitrogens with zero attached hydrogens (tertiary/aromatic N) is 1. The van der Waals surface area contributed by atoms with Crippen molar-refractivity contribution in [3.63, 3.8) is 0 Å². The Balaban J connectivity index is 2.61. The van der Waals surface area contributed by atoms with E-state index in [2.05, 4.69) is 4.98 Å². The molecule has 0 N–H and O–H groups in total. The summed E-state index contributed by atoms with van der Waals surface area (Å²) in [6.45, 7) is 1.83. The van der Waals surface area contributed by atoms with Crippen LogP contribution in [0.5, 0.6) is 5.75 Å². The van der Waals surface area contributed by atoms with Crippen LogP contribution < -0.4 is 4.74 Å². The minimum absolute atomic E-state index is 0.371. The molecule has 1 aliphatic carbocycles. The zero-order valence-corrected chi connectivity index (χ0v) is 11.2. The molecule has 18 heavy (non-hydrogen) atoms. The van der Waals surface area contributed by atoms with Crippen LogP contribution in [0.3, 0.4) is 0 Å². The van der Waals surface area contributed by atoms with Gasteiger partial charge in [-0.05, 0) is 32.6 Å². The van der Waals surface area contributed by atoms with Gasteiger partial charge in [0.25, 0.3) is 0 Å². The van der Waals surface area contributed by atoms with Gasteiger partial charge in [0, 0.05) is 11.3 Å². The van der Waals surface area contributed by atoms with Gasteiger partial charge in [-0.15, -0.1) is 0 Å². The predicted octanol–water partition coefficient (Wildman–Crippen LogP) is 2.45. The van der Waals surface area contributed by atoms with Crippen LogP contribution in [-0.2, 0) is 17.6 Å². The highest BCUT2D eigenvalue weighted by Crippen LogP contribution is 2.32. The second-order valence-electron chi connectivity index (χ2n) is 4.58. The maximum atomic E-state index is 11.8. The summed E-state index contributed by atoms with van der Waals surface area (Å²) in [5.41, 5.74) is 3.33. The molecular weight excluding hydrogens is 230 g/mol. The Labute approximate surface area is 107 Å². The van der Waals surface area contributed by atoms with Gasteiger partial charge in [-0.25, -0.2) is 4.79 Å². The zero-order valence-electron chi connectivity index (χ0n) is 11.2. The minimum atomic E-state index is -0.371. The quantitative estimate of drug-likeness (QED) is 0.596. The van der Waals surface area contributed by atoms with Crippen molar-refractivity contribution in [2.75, 3.05) is 14.2 Å². The summed E-state index contributed by atoms with van der Waals surface area (Å²) in [6, 6.07) is 0. The van der Waals surface area contributed by atoms with E-state index in [4.69, 9.17) is 9.47 Å². The average Bonchev–Trinajstić information content (AvgIpc) is 2.61. The number of pyridine rings is 1. The van der Waals surface area contributed by atoms with Crippen LogP contribution in [0, 0.1) is 6.92 Å². The molecule has 4 nitrogen and oxygen atoms in total. The number of carbonyl (C=O) groups is 1. The number of hydrogen-bond donors (Lipinski definition) is 0. The topological polar surface area (TPSA) is 48.4 Å². The fraction of sp³-hybridized carbons (Fsp3) is 0.571. The second-order valence-corrected chi connectivity index (χ2v) is 4.58. The fourth-order valence-corrected chi connectivity index (χ4v) is 2.58. The first-order valence-electron chi connectivity index (χ1n) is 6.33. The third kappa shape index (κ3) is 2.19. The fourth-order valence-electron chi connectivity index (χ4n) is 2.58. The van der Waals surface area contributed by atoms with Crippen molar-refractivity contribution in [2.24, 2.45) is 0 Å². The Morgan fingerprint density at radius 1 is 1.17 bits per heavy atom. The first-order valence-corrected chi connectivity index (χ1v) is 6.33. The Bertz CT molecular complexity index is 469. The number of methoxy groups -OCH3 is 2. The lowest BCUT2D eigenvalue weighted by Crippen LogP contribution is -2.12. The SMILES string of the molecule is COC(=O)c1c(C)nc2c(c1OC)CCCCC2. The van der Waals surface area contributed by atoms with E-state index in [0.717, 1.165) is 36.9 Å². The molecule has 0 saturated carbocycles. The van der Waals surface area contributed by atoms with Crippen molar-refractivity contribution in [1.82, 2.24) is 4.98 Å². The van der Waals surface area contributed by atoms with Crippen LogP contribution >= 0.6 is 0 Å². The van der Waals surface area contributed by atoms with E-state index < -0.39 is 0 Å². The molecule has 2 rings (SSSR count). The smallest absolute Gasteiger partial charge is 0.343 e. The van der Waals surface area contributed by atoms with Gasteiger partial charge in [0.15, 0.2) is 0 Å². The van der Waals surface area contributed by atoms with Crippen molar-refractivity contribution >= 4 is 5.97 Å². The maximum absolute atomic E-state index is 11.8. The van der Waals surface area contributed by atoms with Crippen molar-refractivity contribution in [2.45, 2.75) is 39.0 Å². The standard InChI is InChI=1S/C14H19NO3/c1-9-12(14(16)18-3)13(17-2)10-7-5-4-6-8-11(10)15-9/h4-8H2,1-3H3. The number of rotatable bonds is 2. The number of carbonyl (C=O) groups excluding carboxylic acids is 1. The Hall–Kier alpha value is -1.58. The normalized spacial score (nSPS) is 14.6. The van der Waals surface area contributed by atoms with Gasteiger partial charge in [-0.1, -0.05) is 6.42 Å². The van der Waals surface area contributed by atoms with Crippen LogP contribution in [0.25, 0.3) is 0 Å². The van der Waals surface area contributed by atoms with Crippen LogP contribution in [0.1, 0.15) is 46.6 Å². The average molecular weight is 249 g/mol. The lowest BCUT2D eigenvalue weighted by atomic mass is 10.0. The molecule has 0 radical (unpaired) electrons. The highest BCUT2D eigenvalue weighted by Gasteiger charge is 2.24. The lowest BCUT2D eigenvalue weighted by Gasteiger charge is -2.16. The lowest BCUT2D eigenvalue weighted by molar-refractivity contribution is 0.0595. The molecule has 4 heteroatoms. The number of aryl methyl sites for hydroxylation is 2. The van der Waals surface area contributed by atoms with Crippen LogP contribution in [-0.4, -0.2) is 25.2 Å². The van der Waals surface area contributed by atoms with Crippen LogP contribution in [0.15, 0.2) is 0 Å². The first-order chi connectivity index (χ1) is 8.69. The van der Waals surface area contributed by atoms with Crippen molar-refractivity contribution in [3.8, 4) is 5.75 Å². The molecule has 0 saturated heterocycles. The molecular formula is C14H19NO3. The van der Waals surface area contributed by atoms with Gasteiger partial charge in [0.2, 0.25) is 0 Å². The molecule has 0 unspecified atom stereocenters. The molecule has 1 aliphatic rings. The Kier molecular flexibility index (Phi) is 3.84. The summed E-state index contributed by atoms with van der Waals surface area (Å²) in [7, 11) is 2.99. The van der Waals surface area contributed by atoms with Crippen LogP contribution in [0.2, 0.25) is 0 Å². The zero-order chi connectivity index (χ0) is 13.1. The Morgan fingerprint density at radius 3 is 2.56 bits per heavy atom. The molecule has 98 valence electrons. The third-order valence-corrected chi connectivity index (χ3v) is 3.45. The monoisotopic (exact) mass is 249 g/mol. The molecule has 1 aromatic heterocycles. The molecule has 0 aromatic carbocycles. The first kappa shape index (κ1) is 12.9. The van der Waals surface area contributed by atoms with Gasteiger partial charge in [-0.2, -0.15) is 0 Å². The molecule has 0 aliphatic heterocycles. The van der Waals surface area contributed by atoms with Crippen molar-refractivity contribution < 1.29 is 14.3 Å². The predicted molar refractivity (Wildman–Crippen MR) is 68.1 cm³/mol. The highest BCUT2D eigenvalue weighted by molar-refractivity contribution is 5.94. The van der Waals surface area contributed by atoms with Crippen molar-refractivity contribution in [3.05, 3.63) is 22.5 Å². The summed E-state index contributed by atoms with van der Waals surface area (Å²) >= 11 is 0. The molecule has 1 heterocycles. The molecule has 1 aromatic rings. The summed E-state index contributed by atoms with van der Waals surface area (Å²) in [5.74, 6) is 0.287. The van der Waals surface area contributed by atoms with E-state index in [-0.39, 0.29) is 5.97 Å². The van der Waals surface area contributed by atoms with E-state index in [1.54, 1.807) is 7.11 Å². The molecule has 0 spiro atoms. The summed E-state index contributed by atoms with van der Waals surface area (Å²) < 4.78 is 10.3. The van der Waals surface area contributed by atoms with E-state index in [1.807, 2.05) is 6.92 Å². The van der Waals surface area contributed by atoms with Gasteiger partial charge < -0.3 is 9.47 Å². The van der Waals surface area contributed by atoms with E-state index >= 15 is 0 Å².